The molecule has 0 atom stereocenters. The molecule has 2 rings (SSSR count). The van der Waals surface area contributed by atoms with Crippen molar-refractivity contribution in [3.05, 3.63) is 11.1 Å². The van der Waals surface area contributed by atoms with Crippen LogP contribution in [0.15, 0.2) is 6.20 Å². The first-order valence-electron chi connectivity index (χ1n) is 6.34. The van der Waals surface area contributed by atoms with Gasteiger partial charge >= 0.3 is 0 Å². The highest BCUT2D eigenvalue weighted by molar-refractivity contribution is 7.15. The number of anilines is 1. The van der Waals surface area contributed by atoms with Crippen LogP contribution in [-0.4, -0.2) is 22.5 Å². The number of hydrogen-bond acceptors (Lipinski definition) is 5. The van der Waals surface area contributed by atoms with E-state index in [2.05, 4.69) is 29.2 Å². The zero-order valence-corrected chi connectivity index (χ0v) is 11.5. The van der Waals surface area contributed by atoms with E-state index in [-0.39, 0.29) is 0 Å². The zero-order chi connectivity index (χ0) is 12.3. The second kappa shape index (κ2) is 5.80. The second-order valence-electron chi connectivity index (χ2n) is 5.16. The molecule has 1 aliphatic carbocycles. The largest absolute Gasteiger partial charge is 0.300 e. The Balaban J connectivity index is 1.88. The molecule has 1 heterocycles. The van der Waals surface area contributed by atoms with E-state index in [4.69, 9.17) is 5.84 Å². The van der Waals surface area contributed by atoms with Gasteiger partial charge in [-0.3, -0.25) is 10.3 Å². The number of nitrogens with zero attached hydrogens (tertiary/aromatic N) is 2. The van der Waals surface area contributed by atoms with Gasteiger partial charge in [0.25, 0.3) is 0 Å². The Labute approximate surface area is 107 Å². The minimum atomic E-state index is 0.777. The van der Waals surface area contributed by atoms with Crippen LogP contribution >= 0.6 is 11.3 Å². The Morgan fingerprint density at radius 1 is 1.59 bits per heavy atom. The highest BCUT2D eigenvalue weighted by Crippen LogP contribution is 2.30. The molecule has 1 aliphatic rings. The van der Waals surface area contributed by atoms with Gasteiger partial charge in [-0.1, -0.05) is 25.2 Å². The molecule has 1 saturated carbocycles. The van der Waals surface area contributed by atoms with Gasteiger partial charge in [0.2, 0.25) is 0 Å². The molecule has 0 bridgehead atoms. The summed E-state index contributed by atoms with van der Waals surface area (Å²) in [7, 11) is 0. The summed E-state index contributed by atoms with van der Waals surface area (Å²) >= 11 is 1.65. The Hall–Kier alpha value is -0.650. The molecule has 0 radical (unpaired) electrons. The summed E-state index contributed by atoms with van der Waals surface area (Å²) in [6, 6.07) is 0.810. The van der Waals surface area contributed by atoms with Gasteiger partial charge in [-0.15, -0.1) is 0 Å². The van der Waals surface area contributed by atoms with Gasteiger partial charge in [0.1, 0.15) is 0 Å². The number of nitrogens with one attached hydrogen (secondary N) is 1. The summed E-state index contributed by atoms with van der Waals surface area (Å²) in [5.41, 5.74) is 2.60. The number of aromatic nitrogens is 1. The molecular formula is C12H22N4S. The minimum absolute atomic E-state index is 0.777. The summed E-state index contributed by atoms with van der Waals surface area (Å²) in [6.07, 6.45) is 5.93. The Bertz CT molecular complexity index is 346. The SMILES string of the molecule is CC(C)CCN(Cc1cnc(NN)s1)C1CC1. The highest BCUT2D eigenvalue weighted by atomic mass is 32.1. The monoisotopic (exact) mass is 254 g/mol. The van der Waals surface area contributed by atoms with E-state index >= 15 is 0 Å². The van der Waals surface area contributed by atoms with E-state index in [9.17, 15) is 0 Å². The molecule has 1 aromatic heterocycles. The maximum atomic E-state index is 5.35. The number of thiazole rings is 1. The topological polar surface area (TPSA) is 54.2 Å². The van der Waals surface area contributed by atoms with Crippen LogP contribution in [0.1, 0.15) is 38.0 Å². The molecule has 0 unspecified atom stereocenters. The van der Waals surface area contributed by atoms with E-state index in [0.29, 0.717) is 0 Å². The maximum absolute atomic E-state index is 5.35. The highest BCUT2D eigenvalue weighted by Gasteiger charge is 2.29. The Kier molecular flexibility index (Phi) is 4.36. The van der Waals surface area contributed by atoms with E-state index in [1.807, 2.05) is 6.20 Å². The first kappa shape index (κ1) is 12.8. The van der Waals surface area contributed by atoms with Crippen molar-refractivity contribution in [2.24, 2.45) is 11.8 Å². The fourth-order valence-electron chi connectivity index (χ4n) is 1.90. The third-order valence-electron chi connectivity index (χ3n) is 3.09. The molecule has 0 aromatic carbocycles. The Morgan fingerprint density at radius 2 is 2.35 bits per heavy atom. The molecule has 0 spiro atoms. The standard InChI is InChI=1S/C12H22N4S/c1-9(2)5-6-16(10-3-4-10)8-11-7-14-12(15-13)17-11/h7,9-10H,3-6,8,13H2,1-2H3,(H,14,15). The summed E-state index contributed by atoms with van der Waals surface area (Å²) in [5, 5.41) is 0.805. The number of nitrogens with two attached hydrogens (primary N) is 1. The van der Waals surface area contributed by atoms with E-state index in [0.717, 1.165) is 23.6 Å². The second-order valence-corrected chi connectivity index (χ2v) is 6.28. The van der Waals surface area contributed by atoms with Gasteiger partial charge in [-0.25, -0.2) is 10.8 Å². The lowest BCUT2D eigenvalue weighted by Gasteiger charge is -2.21. The Morgan fingerprint density at radius 3 is 2.88 bits per heavy atom. The van der Waals surface area contributed by atoms with E-state index in [1.54, 1.807) is 11.3 Å². The van der Waals surface area contributed by atoms with Gasteiger partial charge in [-0.05, 0) is 31.7 Å². The lowest BCUT2D eigenvalue weighted by atomic mass is 10.1. The lowest BCUT2D eigenvalue weighted by Crippen LogP contribution is -2.27. The third-order valence-corrected chi connectivity index (χ3v) is 4.01. The van der Waals surface area contributed by atoms with Gasteiger partial charge in [0.15, 0.2) is 5.13 Å². The summed E-state index contributed by atoms with van der Waals surface area (Å²) in [6.45, 7) is 6.80. The molecule has 0 amide bonds. The molecule has 1 fully saturated rings. The minimum Gasteiger partial charge on any atom is -0.300 e. The summed E-state index contributed by atoms with van der Waals surface area (Å²) in [5.74, 6) is 6.13. The molecule has 96 valence electrons. The van der Waals surface area contributed by atoms with Crippen molar-refractivity contribution in [1.29, 1.82) is 0 Å². The fourth-order valence-corrected chi connectivity index (χ4v) is 2.65. The van der Waals surface area contributed by atoms with E-state index in [1.165, 1.54) is 30.7 Å². The van der Waals surface area contributed by atoms with Gasteiger partial charge in [0, 0.05) is 23.7 Å². The number of nitrogen functional groups attached to an aromatic ring is 1. The van der Waals surface area contributed by atoms with Gasteiger partial charge in [0.05, 0.1) is 0 Å². The molecule has 17 heavy (non-hydrogen) atoms. The zero-order valence-electron chi connectivity index (χ0n) is 10.6. The molecule has 4 nitrogen and oxygen atoms in total. The van der Waals surface area contributed by atoms with Gasteiger partial charge in [-0.2, -0.15) is 0 Å². The van der Waals surface area contributed by atoms with Crippen molar-refractivity contribution in [3.8, 4) is 0 Å². The van der Waals surface area contributed by atoms with Crippen LogP contribution in [0.5, 0.6) is 0 Å². The van der Waals surface area contributed by atoms with Crippen molar-refractivity contribution in [2.75, 3.05) is 12.0 Å². The van der Waals surface area contributed by atoms with Crippen molar-refractivity contribution in [1.82, 2.24) is 9.88 Å². The van der Waals surface area contributed by atoms with E-state index < -0.39 is 0 Å². The van der Waals surface area contributed by atoms with Crippen LogP contribution in [0.4, 0.5) is 5.13 Å². The first-order valence-corrected chi connectivity index (χ1v) is 7.16. The molecular weight excluding hydrogens is 232 g/mol. The van der Waals surface area contributed by atoms with Crippen molar-refractivity contribution < 1.29 is 0 Å². The quantitative estimate of drug-likeness (QED) is 0.579. The number of hydrogen-bond donors (Lipinski definition) is 2. The number of hydrazine groups is 1. The maximum Gasteiger partial charge on any atom is 0.197 e. The average Bonchev–Trinajstić information content (AvgIpc) is 3.04. The van der Waals surface area contributed by atoms with Crippen molar-refractivity contribution in [2.45, 2.75) is 45.7 Å². The molecule has 3 N–H and O–H groups in total. The van der Waals surface area contributed by atoms with Crippen LogP contribution in [0.3, 0.4) is 0 Å². The molecule has 1 aromatic rings. The molecule has 5 heteroatoms. The van der Waals surface area contributed by atoms with Crippen molar-refractivity contribution >= 4 is 16.5 Å². The van der Waals surface area contributed by atoms with Crippen LogP contribution in [0, 0.1) is 5.92 Å². The van der Waals surface area contributed by atoms with Crippen LogP contribution < -0.4 is 11.3 Å². The van der Waals surface area contributed by atoms with Crippen LogP contribution in [0.25, 0.3) is 0 Å². The van der Waals surface area contributed by atoms with Crippen LogP contribution in [-0.2, 0) is 6.54 Å². The van der Waals surface area contributed by atoms with Gasteiger partial charge < -0.3 is 0 Å². The number of rotatable bonds is 7. The summed E-state index contributed by atoms with van der Waals surface area (Å²) in [4.78, 5) is 8.11. The lowest BCUT2D eigenvalue weighted by molar-refractivity contribution is 0.241. The predicted octanol–water partition coefficient (Wildman–Crippen LogP) is 2.44. The van der Waals surface area contributed by atoms with Crippen LogP contribution in [0.2, 0.25) is 0 Å². The predicted molar refractivity (Wildman–Crippen MR) is 72.8 cm³/mol. The van der Waals surface area contributed by atoms with Crippen molar-refractivity contribution in [3.63, 3.8) is 0 Å². The smallest absolute Gasteiger partial charge is 0.197 e. The normalized spacial score (nSPS) is 15.8. The molecule has 0 aliphatic heterocycles. The average molecular weight is 254 g/mol. The molecule has 0 saturated heterocycles. The first-order chi connectivity index (χ1) is 8.19. The fraction of sp³-hybridized carbons (Fsp3) is 0.750. The third kappa shape index (κ3) is 3.94. The summed E-state index contributed by atoms with van der Waals surface area (Å²) < 4.78 is 0.